The monoisotopic (exact) mass is 330 g/mol. The van der Waals surface area contributed by atoms with E-state index in [0.29, 0.717) is 17.7 Å². The molecule has 0 bridgehead atoms. The zero-order chi connectivity index (χ0) is 18.0. The average Bonchev–Trinajstić information content (AvgIpc) is 2.73. The van der Waals surface area contributed by atoms with Gasteiger partial charge in [0.2, 0.25) is 0 Å². The van der Waals surface area contributed by atoms with Gasteiger partial charge >= 0.3 is 13.1 Å². The Morgan fingerprint density at radius 3 is 2.42 bits per heavy atom. The van der Waals surface area contributed by atoms with Crippen molar-refractivity contribution in [3.8, 4) is 0 Å². The maximum Gasteiger partial charge on any atom is 0.494 e. The van der Waals surface area contributed by atoms with E-state index in [9.17, 15) is 4.79 Å². The molecule has 2 rings (SSSR count). The molecule has 0 unspecified atom stereocenters. The van der Waals surface area contributed by atoms with Gasteiger partial charge in [0.25, 0.3) is 0 Å². The van der Waals surface area contributed by atoms with Gasteiger partial charge in [-0.05, 0) is 51.7 Å². The molecule has 24 heavy (non-hydrogen) atoms. The lowest BCUT2D eigenvalue weighted by molar-refractivity contribution is 0.00578. The minimum absolute atomic E-state index is 0.394. The number of benzene rings is 1. The number of esters is 1. The summed E-state index contributed by atoms with van der Waals surface area (Å²) in [7, 11) is -0.494. The van der Waals surface area contributed by atoms with Gasteiger partial charge in [0.1, 0.15) is 5.76 Å². The summed E-state index contributed by atoms with van der Waals surface area (Å²) in [5.74, 6) is 0.109. The van der Waals surface area contributed by atoms with Gasteiger partial charge in [-0.3, -0.25) is 0 Å². The molecule has 1 aromatic rings. The smallest absolute Gasteiger partial charge is 0.428 e. The van der Waals surface area contributed by atoms with Gasteiger partial charge in [-0.25, -0.2) is 4.79 Å². The number of carbonyl (C=O) groups excluding carboxylic acids is 1. The molecule has 1 fully saturated rings. The molecular formula is C19H27BO4. The predicted molar refractivity (Wildman–Crippen MR) is 96.2 cm³/mol. The molecular weight excluding hydrogens is 303 g/mol. The maximum atomic E-state index is 12.3. The summed E-state index contributed by atoms with van der Waals surface area (Å²) < 4.78 is 17.4. The van der Waals surface area contributed by atoms with Crippen molar-refractivity contribution in [2.75, 3.05) is 0 Å². The van der Waals surface area contributed by atoms with E-state index in [2.05, 4.69) is 13.5 Å². The molecule has 0 radical (unpaired) electrons. The van der Waals surface area contributed by atoms with E-state index in [0.717, 1.165) is 18.3 Å². The van der Waals surface area contributed by atoms with Crippen LogP contribution in [-0.4, -0.2) is 24.3 Å². The van der Waals surface area contributed by atoms with Crippen molar-refractivity contribution in [2.45, 2.75) is 65.1 Å². The van der Waals surface area contributed by atoms with Gasteiger partial charge in [0, 0.05) is 6.42 Å². The van der Waals surface area contributed by atoms with Crippen molar-refractivity contribution >= 4 is 18.6 Å². The number of ether oxygens (including phenoxy) is 1. The van der Waals surface area contributed by atoms with Crippen LogP contribution in [0.5, 0.6) is 0 Å². The summed E-state index contributed by atoms with van der Waals surface area (Å²) in [4.78, 5) is 12.3. The minimum Gasteiger partial charge on any atom is -0.428 e. The van der Waals surface area contributed by atoms with Crippen molar-refractivity contribution in [3.63, 3.8) is 0 Å². The summed E-state index contributed by atoms with van der Waals surface area (Å²) in [6.07, 6.45) is 2.69. The fourth-order valence-electron chi connectivity index (χ4n) is 2.41. The summed E-state index contributed by atoms with van der Waals surface area (Å²) >= 11 is 0. The number of carbonyl (C=O) groups is 1. The van der Waals surface area contributed by atoms with E-state index >= 15 is 0 Å². The molecule has 1 saturated heterocycles. The highest BCUT2D eigenvalue weighted by molar-refractivity contribution is 6.62. The van der Waals surface area contributed by atoms with Crippen LogP contribution in [0, 0.1) is 0 Å². The van der Waals surface area contributed by atoms with Crippen LogP contribution < -0.4 is 5.46 Å². The first-order valence-electron chi connectivity index (χ1n) is 8.52. The molecule has 0 spiro atoms. The lowest BCUT2D eigenvalue weighted by atomic mass is 9.78. The van der Waals surface area contributed by atoms with Crippen LogP contribution in [0.1, 0.15) is 64.2 Å². The second-order valence-electron chi connectivity index (χ2n) is 7.25. The molecule has 1 aliphatic rings. The highest BCUT2D eigenvalue weighted by Gasteiger charge is 2.51. The molecule has 4 nitrogen and oxygen atoms in total. The zero-order valence-electron chi connectivity index (χ0n) is 15.3. The summed E-state index contributed by atoms with van der Waals surface area (Å²) in [5, 5.41) is 0. The van der Waals surface area contributed by atoms with E-state index in [1.807, 2.05) is 39.8 Å². The summed E-state index contributed by atoms with van der Waals surface area (Å²) in [6.45, 7) is 13.9. The van der Waals surface area contributed by atoms with Crippen molar-refractivity contribution in [3.05, 3.63) is 42.2 Å². The Morgan fingerprint density at radius 2 is 1.83 bits per heavy atom. The lowest BCUT2D eigenvalue weighted by Crippen LogP contribution is -2.41. The first-order valence-corrected chi connectivity index (χ1v) is 8.52. The number of hydrogen-bond donors (Lipinski definition) is 0. The first kappa shape index (κ1) is 18.7. The predicted octanol–water partition coefficient (Wildman–Crippen LogP) is 3.85. The molecule has 0 atom stereocenters. The highest BCUT2D eigenvalue weighted by atomic mass is 16.7. The van der Waals surface area contributed by atoms with Crippen LogP contribution in [0.4, 0.5) is 0 Å². The Bertz CT molecular complexity index is 606. The summed E-state index contributed by atoms with van der Waals surface area (Å²) in [5.41, 5.74) is 0.452. The second-order valence-corrected chi connectivity index (χ2v) is 7.25. The normalized spacial score (nSPS) is 18.5. The molecule has 0 aromatic heterocycles. The Morgan fingerprint density at radius 1 is 1.21 bits per heavy atom. The van der Waals surface area contributed by atoms with Crippen molar-refractivity contribution in [1.82, 2.24) is 0 Å². The zero-order valence-corrected chi connectivity index (χ0v) is 15.3. The van der Waals surface area contributed by atoms with Crippen LogP contribution in [0.25, 0.3) is 0 Å². The van der Waals surface area contributed by atoms with Gasteiger partial charge in [-0.2, -0.15) is 0 Å². The topological polar surface area (TPSA) is 44.8 Å². The Labute approximate surface area is 145 Å². The second kappa shape index (κ2) is 7.12. The number of hydrogen-bond acceptors (Lipinski definition) is 4. The Hall–Kier alpha value is -1.59. The number of unbranched alkanes of at least 4 members (excludes halogenated alkanes) is 1. The molecule has 1 aliphatic heterocycles. The van der Waals surface area contributed by atoms with Crippen LogP contribution in [0.2, 0.25) is 0 Å². The van der Waals surface area contributed by atoms with E-state index in [1.165, 1.54) is 0 Å². The Balaban J connectivity index is 2.10. The van der Waals surface area contributed by atoms with Gasteiger partial charge in [0.15, 0.2) is 0 Å². The molecule has 1 aromatic carbocycles. The quantitative estimate of drug-likeness (QED) is 0.451. The van der Waals surface area contributed by atoms with Gasteiger partial charge in [0.05, 0.1) is 16.8 Å². The Kier molecular flexibility index (Phi) is 5.56. The molecule has 130 valence electrons. The van der Waals surface area contributed by atoms with Crippen LogP contribution >= 0.6 is 0 Å². The minimum atomic E-state index is -0.494. The SMILES string of the molecule is C=C(CCCC)OC(=O)c1cccc(B2OC(C)(C)C(C)(C)O2)c1. The van der Waals surface area contributed by atoms with E-state index in [1.54, 1.807) is 12.1 Å². The molecule has 0 N–H and O–H groups in total. The fourth-order valence-corrected chi connectivity index (χ4v) is 2.41. The molecule has 0 amide bonds. The fraction of sp³-hybridized carbons (Fsp3) is 0.526. The van der Waals surface area contributed by atoms with E-state index < -0.39 is 24.3 Å². The largest absolute Gasteiger partial charge is 0.494 e. The van der Waals surface area contributed by atoms with Crippen molar-refractivity contribution in [2.24, 2.45) is 0 Å². The molecule has 0 saturated carbocycles. The van der Waals surface area contributed by atoms with Gasteiger partial charge < -0.3 is 14.0 Å². The molecule has 1 heterocycles. The van der Waals surface area contributed by atoms with Crippen LogP contribution in [0.3, 0.4) is 0 Å². The highest BCUT2D eigenvalue weighted by Crippen LogP contribution is 2.36. The number of rotatable bonds is 6. The lowest BCUT2D eigenvalue weighted by Gasteiger charge is -2.32. The van der Waals surface area contributed by atoms with Crippen LogP contribution in [0.15, 0.2) is 36.6 Å². The summed E-state index contributed by atoms with van der Waals surface area (Å²) in [6, 6.07) is 7.19. The third kappa shape index (κ3) is 4.08. The van der Waals surface area contributed by atoms with Gasteiger partial charge in [-0.15, -0.1) is 0 Å². The molecule has 0 aliphatic carbocycles. The van der Waals surface area contributed by atoms with E-state index in [-0.39, 0.29) is 0 Å². The third-order valence-corrected chi connectivity index (χ3v) is 4.69. The van der Waals surface area contributed by atoms with Crippen molar-refractivity contribution in [1.29, 1.82) is 0 Å². The average molecular weight is 330 g/mol. The number of allylic oxidation sites excluding steroid dienone is 1. The standard InChI is InChI=1S/C19H27BO4/c1-7-8-10-14(2)22-17(21)15-11-9-12-16(13-15)20-23-18(3,4)19(5,6)24-20/h9,11-13H,2,7-8,10H2,1,3-6H3. The van der Waals surface area contributed by atoms with Crippen LogP contribution in [-0.2, 0) is 14.0 Å². The van der Waals surface area contributed by atoms with Crippen molar-refractivity contribution < 1.29 is 18.8 Å². The van der Waals surface area contributed by atoms with Gasteiger partial charge in [-0.1, -0.05) is 32.1 Å². The first-order chi connectivity index (χ1) is 11.2. The third-order valence-electron chi connectivity index (χ3n) is 4.69. The molecule has 5 heteroatoms. The maximum absolute atomic E-state index is 12.3. The van der Waals surface area contributed by atoms with E-state index in [4.69, 9.17) is 14.0 Å².